The summed E-state index contributed by atoms with van der Waals surface area (Å²) >= 11 is 3.18. The number of rotatable bonds is 5. The lowest BCUT2D eigenvalue weighted by Crippen LogP contribution is -2.19. The smallest absolute Gasteiger partial charge is 0.282 e. The molecule has 1 N–H and O–H groups in total. The minimum absolute atomic E-state index is 0.326. The number of alkyl halides is 3. The molecule has 0 spiro atoms. The number of hydrogen-bond acceptors (Lipinski definition) is 2. The third-order valence-corrected chi connectivity index (χ3v) is 4.31. The van der Waals surface area contributed by atoms with Gasteiger partial charge in [-0.2, -0.15) is 13.2 Å². The maximum absolute atomic E-state index is 12.0. The van der Waals surface area contributed by atoms with Gasteiger partial charge in [0.25, 0.3) is 0 Å². The zero-order valence-electron chi connectivity index (χ0n) is 10.1. The maximum atomic E-state index is 12.0. The summed E-state index contributed by atoms with van der Waals surface area (Å²) in [5.41, 5.74) is 1.17. The van der Waals surface area contributed by atoms with Crippen LogP contribution in [0.1, 0.15) is 18.4 Å². The molecule has 1 aromatic rings. The van der Waals surface area contributed by atoms with Crippen molar-refractivity contribution in [1.82, 2.24) is 0 Å². The lowest BCUT2D eigenvalue weighted by atomic mass is 10.2. The molecule has 19 heavy (non-hydrogen) atoms. The average Bonchev–Trinajstić information content (AvgIpc) is 2.20. The van der Waals surface area contributed by atoms with E-state index in [9.17, 15) is 21.6 Å². The van der Waals surface area contributed by atoms with E-state index in [1.807, 2.05) is 0 Å². The lowest BCUT2D eigenvalue weighted by molar-refractivity contribution is -0.134. The molecule has 0 aliphatic rings. The zero-order valence-corrected chi connectivity index (χ0v) is 12.5. The second-order valence-electron chi connectivity index (χ2n) is 4.12. The van der Waals surface area contributed by atoms with Gasteiger partial charge < -0.3 is 0 Å². The van der Waals surface area contributed by atoms with Crippen LogP contribution in [0.15, 0.2) is 22.7 Å². The summed E-state index contributed by atoms with van der Waals surface area (Å²) < 4.78 is 62.0. The molecule has 0 radical (unpaired) electrons. The first kappa shape index (κ1) is 16.3. The van der Waals surface area contributed by atoms with Crippen molar-refractivity contribution in [2.24, 2.45) is 0 Å². The van der Waals surface area contributed by atoms with E-state index in [0.717, 1.165) is 5.56 Å². The molecular formula is C11H13BrF3NO2S. The maximum Gasteiger partial charge on any atom is 0.389 e. The van der Waals surface area contributed by atoms with Crippen molar-refractivity contribution < 1.29 is 21.6 Å². The molecule has 0 saturated heterocycles. The van der Waals surface area contributed by atoms with Crippen molar-refractivity contribution >= 4 is 31.6 Å². The van der Waals surface area contributed by atoms with Crippen LogP contribution < -0.4 is 4.72 Å². The highest BCUT2D eigenvalue weighted by atomic mass is 79.9. The number of sulfonamides is 1. The van der Waals surface area contributed by atoms with E-state index in [-0.39, 0.29) is 0 Å². The van der Waals surface area contributed by atoms with Gasteiger partial charge in [0.1, 0.15) is 0 Å². The SMILES string of the molecule is Cc1ccc(Br)c(NS(=O)(=O)CCCC(F)(F)F)c1. The van der Waals surface area contributed by atoms with Gasteiger partial charge in [-0.25, -0.2) is 8.42 Å². The fraction of sp³-hybridized carbons (Fsp3) is 0.455. The predicted octanol–water partition coefficient (Wildman–Crippen LogP) is 3.84. The second kappa shape index (κ2) is 6.13. The van der Waals surface area contributed by atoms with Crippen LogP contribution in [0.25, 0.3) is 0 Å². The molecule has 108 valence electrons. The Labute approximate surface area is 118 Å². The van der Waals surface area contributed by atoms with E-state index >= 15 is 0 Å². The van der Waals surface area contributed by atoms with E-state index in [1.54, 1.807) is 25.1 Å². The molecule has 0 bridgehead atoms. The molecule has 0 aliphatic carbocycles. The summed E-state index contributed by atoms with van der Waals surface area (Å²) in [4.78, 5) is 0. The quantitative estimate of drug-likeness (QED) is 0.867. The Hall–Kier alpha value is -0.760. The number of halogens is 4. The number of benzene rings is 1. The first-order valence-electron chi connectivity index (χ1n) is 5.42. The van der Waals surface area contributed by atoms with Gasteiger partial charge in [-0.15, -0.1) is 0 Å². The van der Waals surface area contributed by atoms with Crippen molar-refractivity contribution in [2.75, 3.05) is 10.5 Å². The summed E-state index contributed by atoms with van der Waals surface area (Å²) in [6, 6.07) is 5.06. The van der Waals surface area contributed by atoms with Gasteiger partial charge in [-0.3, -0.25) is 4.72 Å². The van der Waals surface area contributed by atoms with Crippen LogP contribution in [-0.4, -0.2) is 20.3 Å². The Kier molecular flexibility index (Phi) is 5.26. The third-order valence-electron chi connectivity index (χ3n) is 2.26. The Morgan fingerprint density at radius 1 is 1.32 bits per heavy atom. The molecular weight excluding hydrogens is 347 g/mol. The number of nitrogens with one attached hydrogen (secondary N) is 1. The first-order valence-corrected chi connectivity index (χ1v) is 7.87. The molecule has 8 heteroatoms. The molecule has 0 atom stereocenters. The Balaban J connectivity index is 2.67. The first-order chi connectivity index (χ1) is 8.59. The van der Waals surface area contributed by atoms with Gasteiger partial charge in [0.05, 0.1) is 11.4 Å². The molecule has 0 unspecified atom stereocenters. The zero-order chi connectivity index (χ0) is 14.7. The summed E-state index contributed by atoms with van der Waals surface area (Å²) in [7, 11) is -3.78. The van der Waals surface area contributed by atoms with Crippen LogP contribution in [-0.2, 0) is 10.0 Å². The summed E-state index contributed by atoms with van der Waals surface area (Å²) in [6.45, 7) is 1.79. The van der Waals surface area contributed by atoms with Crippen LogP contribution in [0, 0.1) is 6.92 Å². The normalized spacial score (nSPS) is 12.5. The van der Waals surface area contributed by atoms with Crippen molar-refractivity contribution in [1.29, 1.82) is 0 Å². The molecule has 0 amide bonds. The van der Waals surface area contributed by atoms with Crippen LogP contribution in [0.4, 0.5) is 18.9 Å². The monoisotopic (exact) mass is 359 g/mol. The highest BCUT2D eigenvalue weighted by Gasteiger charge is 2.27. The summed E-state index contributed by atoms with van der Waals surface area (Å²) in [5, 5.41) is 0. The number of hydrogen-bond donors (Lipinski definition) is 1. The molecule has 0 saturated carbocycles. The summed E-state index contributed by atoms with van der Waals surface area (Å²) in [5.74, 6) is -0.563. The number of aryl methyl sites for hydroxylation is 1. The van der Waals surface area contributed by atoms with Gasteiger partial charge >= 0.3 is 6.18 Å². The lowest BCUT2D eigenvalue weighted by Gasteiger charge is -2.11. The average molecular weight is 360 g/mol. The molecule has 3 nitrogen and oxygen atoms in total. The fourth-order valence-corrected chi connectivity index (χ4v) is 3.01. The van der Waals surface area contributed by atoms with Crippen molar-refractivity contribution in [3.63, 3.8) is 0 Å². The van der Waals surface area contributed by atoms with Crippen LogP contribution >= 0.6 is 15.9 Å². The van der Waals surface area contributed by atoms with Gasteiger partial charge in [0, 0.05) is 10.9 Å². The van der Waals surface area contributed by atoms with Gasteiger partial charge in [-0.1, -0.05) is 6.07 Å². The van der Waals surface area contributed by atoms with Crippen LogP contribution in [0.2, 0.25) is 0 Å². The van der Waals surface area contributed by atoms with Crippen LogP contribution in [0.5, 0.6) is 0 Å². The Bertz CT molecular complexity index is 543. The van der Waals surface area contributed by atoms with Crippen molar-refractivity contribution in [2.45, 2.75) is 25.9 Å². The van der Waals surface area contributed by atoms with Gasteiger partial charge in [0.2, 0.25) is 10.0 Å². The Morgan fingerprint density at radius 3 is 2.53 bits per heavy atom. The standard InChI is InChI=1S/C11H13BrF3NO2S/c1-8-3-4-9(12)10(7-8)16-19(17,18)6-2-5-11(13,14)15/h3-4,7,16H,2,5-6H2,1H3. The van der Waals surface area contributed by atoms with E-state index < -0.39 is 34.8 Å². The van der Waals surface area contributed by atoms with Crippen molar-refractivity contribution in [3.05, 3.63) is 28.2 Å². The van der Waals surface area contributed by atoms with E-state index in [4.69, 9.17) is 0 Å². The summed E-state index contributed by atoms with van der Waals surface area (Å²) in [6.07, 6.45) is -5.90. The van der Waals surface area contributed by atoms with Crippen LogP contribution in [0.3, 0.4) is 0 Å². The van der Waals surface area contributed by atoms with E-state index in [0.29, 0.717) is 10.2 Å². The molecule has 1 aromatic carbocycles. The molecule has 1 rings (SSSR count). The third kappa shape index (κ3) is 6.29. The molecule has 0 fully saturated rings. The predicted molar refractivity (Wildman–Crippen MR) is 71.6 cm³/mol. The van der Waals surface area contributed by atoms with Gasteiger partial charge in [-0.05, 0) is 47.0 Å². The molecule has 0 aromatic heterocycles. The number of anilines is 1. The highest BCUT2D eigenvalue weighted by molar-refractivity contribution is 9.10. The van der Waals surface area contributed by atoms with E-state index in [1.165, 1.54) is 0 Å². The molecule has 0 heterocycles. The minimum atomic E-state index is -4.33. The van der Waals surface area contributed by atoms with E-state index in [2.05, 4.69) is 20.7 Å². The fourth-order valence-electron chi connectivity index (χ4n) is 1.40. The molecule has 0 aliphatic heterocycles. The largest absolute Gasteiger partial charge is 0.389 e. The second-order valence-corrected chi connectivity index (χ2v) is 6.82. The van der Waals surface area contributed by atoms with Crippen molar-refractivity contribution in [3.8, 4) is 0 Å². The minimum Gasteiger partial charge on any atom is -0.282 e. The van der Waals surface area contributed by atoms with Gasteiger partial charge in [0.15, 0.2) is 0 Å². The highest BCUT2D eigenvalue weighted by Crippen LogP contribution is 2.25. The Morgan fingerprint density at radius 2 is 1.95 bits per heavy atom. The topological polar surface area (TPSA) is 46.2 Å².